The zero-order valence-corrected chi connectivity index (χ0v) is 23.3. The average molecular weight is 547 g/mol. The summed E-state index contributed by atoms with van der Waals surface area (Å²) in [6.07, 6.45) is 2.01. The number of amides is 1. The van der Waals surface area contributed by atoms with Crippen LogP contribution in [0.2, 0.25) is 0 Å². The molecule has 0 radical (unpaired) electrons. The van der Waals surface area contributed by atoms with E-state index in [1.54, 1.807) is 11.0 Å². The molecule has 0 bridgehead atoms. The van der Waals surface area contributed by atoms with Gasteiger partial charge in [0, 0.05) is 55.4 Å². The summed E-state index contributed by atoms with van der Waals surface area (Å²) in [6.45, 7) is 10.4. The maximum atomic E-state index is 12.3. The fraction of sp³-hybridized carbons (Fsp3) is 0.433. The smallest absolute Gasteiger partial charge is 0.318 e. The number of aromatic hydroxyl groups is 1. The molecule has 10 heteroatoms. The van der Waals surface area contributed by atoms with Gasteiger partial charge in [-0.05, 0) is 37.5 Å². The molecule has 0 saturated carbocycles. The van der Waals surface area contributed by atoms with Crippen LogP contribution < -0.4 is 14.5 Å². The second-order valence-corrected chi connectivity index (χ2v) is 10.4. The lowest BCUT2D eigenvalue weighted by Gasteiger charge is -2.42. The molecule has 5 rings (SSSR count). The van der Waals surface area contributed by atoms with Gasteiger partial charge in [0.25, 0.3) is 0 Å². The first kappa shape index (κ1) is 27.7. The fourth-order valence-electron chi connectivity index (χ4n) is 5.50. The zero-order valence-electron chi connectivity index (χ0n) is 23.3. The van der Waals surface area contributed by atoms with Crippen LogP contribution in [0.25, 0.3) is 10.8 Å². The van der Waals surface area contributed by atoms with Crippen molar-refractivity contribution in [2.75, 3.05) is 69.3 Å². The Morgan fingerprint density at radius 3 is 2.83 bits per heavy atom. The summed E-state index contributed by atoms with van der Waals surface area (Å²) < 4.78 is 6.06. The highest BCUT2D eigenvalue weighted by atomic mass is 16.5. The number of phenols is 1. The number of hydrogen-bond acceptors (Lipinski definition) is 9. The summed E-state index contributed by atoms with van der Waals surface area (Å²) >= 11 is 0. The summed E-state index contributed by atoms with van der Waals surface area (Å²) in [7, 11) is 2.04. The van der Waals surface area contributed by atoms with Crippen molar-refractivity contribution < 1.29 is 19.7 Å². The van der Waals surface area contributed by atoms with Crippen LogP contribution in [0.5, 0.6) is 11.8 Å². The normalized spacial score (nSPS) is 17.3. The maximum Gasteiger partial charge on any atom is 0.318 e. The maximum absolute atomic E-state index is 12.3. The van der Waals surface area contributed by atoms with Crippen molar-refractivity contribution in [3.63, 3.8) is 0 Å². The molecule has 2 aromatic carbocycles. The van der Waals surface area contributed by atoms with Gasteiger partial charge in [-0.1, -0.05) is 37.8 Å². The summed E-state index contributed by atoms with van der Waals surface area (Å²) in [5.74, 6) is 0.847. The molecule has 0 aliphatic carbocycles. The zero-order chi connectivity index (χ0) is 28.2. The summed E-state index contributed by atoms with van der Waals surface area (Å²) in [6, 6.07) is 11.6. The predicted octanol–water partition coefficient (Wildman–Crippen LogP) is 2.42. The highest BCUT2D eigenvalue weighted by Crippen LogP contribution is 2.37. The third-order valence-corrected chi connectivity index (χ3v) is 7.88. The number of piperazine rings is 1. The van der Waals surface area contributed by atoms with Crippen LogP contribution in [0, 0.1) is 0 Å². The van der Waals surface area contributed by atoms with E-state index in [-0.39, 0.29) is 24.3 Å². The molecule has 2 aliphatic heterocycles. The van der Waals surface area contributed by atoms with Gasteiger partial charge in [0.15, 0.2) is 0 Å². The minimum Gasteiger partial charge on any atom is -0.508 e. The van der Waals surface area contributed by atoms with E-state index in [1.807, 2.05) is 31.3 Å². The van der Waals surface area contributed by atoms with Crippen molar-refractivity contribution in [2.45, 2.75) is 25.9 Å². The molecule has 0 spiro atoms. The molecule has 1 unspecified atom stereocenters. The number of carbonyl (C=O) groups is 1. The molecule has 10 nitrogen and oxygen atoms in total. The Labute approximate surface area is 235 Å². The Hall–Kier alpha value is -3.89. The van der Waals surface area contributed by atoms with E-state index in [4.69, 9.17) is 14.7 Å². The Morgan fingerprint density at radius 2 is 2.05 bits per heavy atom. The van der Waals surface area contributed by atoms with Crippen LogP contribution in [0.15, 0.2) is 49.1 Å². The van der Waals surface area contributed by atoms with Gasteiger partial charge in [-0.3, -0.25) is 4.79 Å². The van der Waals surface area contributed by atoms with Gasteiger partial charge in [-0.25, -0.2) is 0 Å². The molecular formula is C30H38N6O4. The van der Waals surface area contributed by atoms with Crippen LogP contribution in [-0.4, -0.2) is 101 Å². The van der Waals surface area contributed by atoms with Gasteiger partial charge in [0.1, 0.15) is 18.2 Å². The fourth-order valence-corrected chi connectivity index (χ4v) is 5.50. The van der Waals surface area contributed by atoms with Gasteiger partial charge in [0.2, 0.25) is 5.91 Å². The molecule has 1 fully saturated rings. The van der Waals surface area contributed by atoms with Crippen molar-refractivity contribution in [3.05, 3.63) is 60.3 Å². The number of likely N-dealkylation sites (N-methyl/N-ethyl adjacent to an activating group) is 1. The quantitative estimate of drug-likeness (QED) is 0.392. The highest BCUT2D eigenvalue weighted by molar-refractivity contribution is 5.95. The Kier molecular flexibility index (Phi) is 8.37. The Balaban J connectivity index is 1.49. The van der Waals surface area contributed by atoms with Gasteiger partial charge < -0.3 is 34.5 Å². The van der Waals surface area contributed by atoms with E-state index in [2.05, 4.69) is 34.3 Å². The molecule has 40 heavy (non-hydrogen) atoms. The minimum atomic E-state index is -0.302. The summed E-state index contributed by atoms with van der Waals surface area (Å²) in [5.41, 5.74) is 2.85. The second-order valence-electron chi connectivity index (χ2n) is 10.4. The van der Waals surface area contributed by atoms with E-state index in [0.717, 1.165) is 53.2 Å². The SMILES string of the molecule is C=CC(=O)N1CCN(c2nc(OCCN(C)CC)nc3c2CCN(c2cc(O)cc4ccccc24)C3)C(CO)C1. The predicted molar refractivity (Wildman–Crippen MR) is 156 cm³/mol. The van der Waals surface area contributed by atoms with Crippen LogP contribution in [0.4, 0.5) is 11.5 Å². The number of phenolic OH excluding ortho intramolecular Hbond substituents is 1. The average Bonchev–Trinajstić information content (AvgIpc) is 2.99. The third kappa shape index (κ3) is 5.68. The summed E-state index contributed by atoms with van der Waals surface area (Å²) in [4.78, 5) is 30.2. The van der Waals surface area contributed by atoms with Gasteiger partial charge in [-0.2, -0.15) is 9.97 Å². The lowest BCUT2D eigenvalue weighted by molar-refractivity contribution is -0.126. The molecule has 2 N–H and O–H groups in total. The van der Waals surface area contributed by atoms with Crippen LogP contribution >= 0.6 is 0 Å². The number of benzene rings is 2. The number of nitrogens with zero attached hydrogens (tertiary/aromatic N) is 6. The molecule has 3 aromatic rings. The monoisotopic (exact) mass is 546 g/mol. The Morgan fingerprint density at radius 1 is 1.23 bits per heavy atom. The van der Waals surface area contributed by atoms with Crippen molar-refractivity contribution >= 4 is 28.2 Å². The molecule has 3 heterocycles. The molecule has 212 valence electrons. The van der Waals surface area contributed by atoms with Crippen LogP contribution in [0.3, 0.4) is 0 Å². The number of aromatic nitrogens is 2. The van der Waals surface area contributed by atoms with E-state index in [9.17, 15) is 15.0 Å². The number of fused-ring (bicyclic) bond motifs is 2. The van der Waals surface area contributed by atoms with E-state index < -0.39 is 0 Å². The van der Waals surface area contributed by atoms with Crippen molar-refractivity contribution in [3.8, 4) is 11.8 Å². The second kappa shape index (κ2) is 12.1. The topological polar surface area (TPSA) is 106 Å². The first-order valence-corrected chi connectivity index (χ1v) is 13.9. The first-order valence-electron chi connectivity index (χ1n) is 13.9. The largest absolute Gasteiger partial charge is 0.508 e. The van der Waals surface area contributed by atoms with Gasteiger partial charge in [0.05, 0.1) is 24.9 Å². The van der Waals surface area contributed by atoms with Gasteiger partial charge >= 0.3 is 6.01 Å². The molecule has 1 aromatic heterocycles. The number of anilines is 2. The van der Waals surface area contributed by atoms with E-state index in [0.29, 0.717) is 45.2 Å². The van der Waals surface area contributed by atoms with E-state index in [1.165, 1.54) is 6.08 Å². The number of rotatable bonds is 9. The van der Waals surface area contributed by atoms with Crippen LogP contribution in [0.1, 0.15) is 18.2 Å². The van der Waals surface area contributed by atoms with Crippen molar-refractivity contribution in [2.24, 2.45) is 0 Å². The number of hydrogen-bond donors (Lipinski definition) is 2. The summed E-state index contributed by atoms with van der Waals surface area (Å²) in [5, 5.41) is 22.8. The number of aliphatic hydroxyl groups excluding tert-OH is 1. The van der Waals surface area contributed by atoms with E-state index >= 15 is 0 Å². The lowest BCUT2D eigenvalue weighted by Crippen LogP contribution is -2.56. The standard InChI is InChI=1S/C30H38N6O4/c1-4-28(39)35-12-13-36(22(18-35)20-37)29-25-10-11-34(27-17-23(38)16-21-8-6-7-9-24(21)27)19-26(25)31-30(32-29)40-15-14-33(3)5-2/h4,6-9,16-17,22,37-38H,1,5,10-15,18-20H2,2-3H3. The molecule has 2 aliphatic rings. The highest BCUT2D eigenvalue weighted by Gasteiger charge is 2.33. The number of carbonyl (C=O) groups excluding carboxylic acids is 1. The minimum absolute atomic E-state index is 0.113. The number of aliphatic hydroxyl groups is 1. The van der Waals surface area contributed by atoms with Crippen molar-refractivity contribution in [1.82, 2.24) is 19.8 Å². The first-order chi connectivity index (χ1) is 19.4. The van der Waals surface area contributed by atoms with Gasteiger partial charge in [-0.15, -0.1) is 0 Å². The third-order valence-electron chi connectivity index (χ3n) is 7.88. The lowest BCUT2D eigenvalue weighted by atomic mass is 10.0. The number of ether oxygens (including phenoxy) is 1. The molecular weight excluding hydrogens is 508 g/mol. The van der Waals surface area contributed by atoms with Crippen LogP contribution in [-0.2, 0) is 17.8 Å². The molecule has 1 atom stereocenters. The Bertz CT molecular complexity index is 1380. The molecule has 1 saturated heterocycles. The molecule has 1 amide bonds. The van der Waals surface area contributed by atoms with Crippen molar-refractivity contribution in [1.29, 1.82) is 0 Å².